The summed E-state index contributed by atoms with van der Waals surface area (Å²) in [7, 11) is 1.67. The summed E-state index contributed by atoms with van der Waals surface area (Å²) in [6.45, 7) is 2.32. The van der Waals surface area contributed by atoms with Gasteiger partial charge in [-0.3, -0.25) is 4.90 Å². The minimum Gasteiger partial charge on any atom is -0.497 e. The first-order valence-corrected chi connectivity index (χ1v) is 10.5. The average Bonchev–Trinajstić information content (AvgIpc) is 3.56. The van der Waals surface area contributed by atoms with Gasteiger partial charge in [-0.05, 0) is 53.9 Å². The van der Waals surface area contributed by atoms with Gasteiger partial charge in [0.2, 0.25) is 0 Å². The molecular weight excluding hydrogens is 390 g/mol. The highest BCUT2D eigenvalue weighted by Gasteiger charge is 2.24. The lowest BCUT2D eigenvalue weighted by Gasteiger charge is -2.15. The van der Waals surface area contributed by atoms with E-state index in [-0.39, 0.29) is 6.10 Å². The number of likely N-dealkylation sites (tertiary alicyclic amines) is 1. The second kappa shape index (κ2) is 8.41. The summed E-state index contributed by atoms with van der Waals surface area (Å²) in [5.41, 5.74) is 5.26. The molecule has 6 heteroatoms. The maximum atomic E-state index is 9.88. The van der Waals surface area contributed by atoms with Crippen molar-refractivity contribution in [3.63, 3.8) is 0 Å². The van der Waals surface area contributed by atoms with Gasteiger partial charge in [0, 0.05) is 25.2 Å². The number of rotatable bonds is 6. The van der Waals surface area contributed by atoms with E-state index in [1.165, 1.54) is 0 Å². The lowest BCUT2D eigenvalue weighted by Crippen LogP contribution is -2.21. The van der Waals surface area contributed by atoms with Gasteiger partial charge in [-0.2, -0.15) is 5.10 Å². The average molecular weight is 415 g/mol. The second-order valence-electron chi connectivity index (χ2n) is 7.86. The van der Waals surface area contributed by atoms with Crippen molar-refractivity contribution in [3.8, 4) is 34.0 Å². The Hall–Kier alpha value is -3.35. The molecule has 2 aromatic carbocycles. The monoisotopic (exact) mass is 415 g/mol. The fourth-order valence-electron chi connectivity index (χ4n) is 4.15. The third kappa shape index (κ3) is 4.00. The normalized spacial score (nSPS) is 16.6. The molecule has 1 N–H and O–H groups in total. The summed E-state index contributed by atoms with van der Waals surface area (Å²) in [6.07, 6.45) is 4.16. The summed E-state index contributed by atoms with van der Waals surface area (Å²) in [6, 6.07) is 20.2. The third-order valence-corrected chi connectivity index (χ3v) is 5.78. The van der Waals surface area contributed by atoms with E-state index in [0.717, 1.165) is 59.1 Å². The van der Waals surface area contributed by atoms with Crippen LogP contribution in [0.3, 0.4) is 0 Å². The molecule has 3 heterocycles. The fraction of sp³-hybridized carbons (Fsp3) is 0.240. The van der Waals surface area contributed by atoms with Gasteiger partial charge >= 0.3 is 0 Å². The molecule has 1 aliphatic heterocycles. The van der Waals surface area contributed by atoms with E-state index in [9.17, 15) is 5.11 Å². The predicted molar refractivity (Wildman–Crippen MR) is 119 cm³/mol. The molecule has 1 aliphatic rings. The number of furan rings is 1. The molecule has 1 unspecified atom stereocenters. The number of aliphatic hydroxyl groups is 1. The molecule has 0 saturated carbocycles. The molecule has 4 aromatic rings. The molecule has 0 radical (unpaired) electrons. The van der Waals surface area contributed by atoms with Crippen LogP contribution in [0, 0.1) is 0 Å². The first kappa shape index (κ1) is 19.6. The second-order valence-corrected chi connectivity index (χ2v) is 7.86. The number of ether oxygens (including phenoxy) is 1. The minimum atomic E-state index is -0.243. The summed E-state index contributed by atoms with van der Waals surface area (Å²) in [4.78, 5) is 2.26. The number of benzene rings is 2. The van der Waals surface area contributed by atoms with Crippen molar-refractivity contribution in [3.05, 3.63) is 78.7 Å². The Morgan fingerprint density at radius 1 is 1.06 bits per heavy atom. The Labute approximate surface area is 181 Å². The van der Waals surface area contributed by atoms with Crippen molar-refractivity contribution < 1.29 is 14.3 Å². The first-order valence-electron chi connectivity index (χ1n) is 10.5. The number of aliphatic hydroxyl groups excluding tert-OH is 1. The number of methoxy groups -OCH3 is 1. The van der Waals surface area contributed by atoms with E-state index in [4.69, 9.17) is 9.15 Å². The SMILES string of the molecule is COc1ccc(-c2ccc(-n3ncc(CN4CCC(O)C4)c3-c3ccco3)cc2)cc1. The van der Waals surface area contributed by atoms with Crippen molar-refractivity contribution in [2.24, 2.45) is 0 Å². The Balaban J connectivity index is 1.46. The fourth-order valence-corrected chi connectivity index (χ4v) is 4.15. The number of hydrogen-bond acceptors (Lipinski definition) is 5. The lowest BCUT2D eigenvalue weighted by molar-refractivity contribution is 0.175. The van der Waals surface area contributed by atoms with Crippen LogP contribution in [0.2, 0.25) is 0 Å². The van der Waals surface area contributed by atoms with Gasteiger partial charge in [0.25, 0.3) is 0 Å². The molecule has 0 bridgehead atoms. The topological polar surface area (TPSA) is 63.7 Å². The maximum absolute atomic E-state index is 9.88. The Bertz CT molecular complexity index is 1130. The maximum Gasteiger partial charge on any atom is 0.152 e. The molecule has 6 nitrogen and oxygen atoms in total. The van der Waals surface area contributed by atoms with Gasteiger partial charge < -0.3 is 14.3 Å². The van der Waals surface area contributed by atoms with Crippen molar-refractivity contribution >= 4 is 0 Å². The zero-order valence-electron chi connectivity index (χ0n) is 17.4. The van der Waals surface area contributed by atoms with Gasteiger partial charge in [-0.25, -0.2) is 4.68 Å². The van der Waals surface area contributed by atoms with Gasteiger partial charge in [0.1, 0.15) is 11.4 Å². The molecule has 2 aromatic heterocycles. The van der Waals surface area contributed by atoms with Crippen LogP contribution < -0.4 is 4.74 Å². The smallest absolute Gasteiger partial charge is 0.152 e. The standard InChI is InChI=1S/C25H25N3O3/c1-30-23-10-6-19(7-11-23)18-4-8-21(9-5-18)28-25(24-3-2-14-31-24)20(15-26-28)16-27-13-12-22(29)17-27/h2-11,14-15,22,29H,12-13,16-17H2,1H3. The summed E-state index contributed by atoms with van der Waals surface area (Å²) < 4.78 is 12.9. The molecule has 1 saturated heterocycles. The van der Waals surface area contributed by atoms with Crippen molar-refractivity contribution in [1.29, 1.82) is 0 Å². The van der Waals surface area contributed by atoms with Gasteiger partial charge in [-0.15, -0.1) is 0 Å². The summed E-state index contributed by atoms with van der Waals surface area (Å²) in [5.74, 6) is 1.63. The van der Waals surface area contributed by atoms with Crippen LogP contribution in [0.1, 0.15) is 12.0 Å². The van der Waals surface area contributed by atoms with E-state index in [0.29, 0.717) is 6.54 Å². The van der Waals surface area contributed by atoms with Gasteiger partial charge in [-0.1, -0.05) is 24.3 Å². The van der Waals surface area contributed by atoms with Gasteiger partial charge in [0.15, 0.2) is 5.76 Å². The van der Waals surface area contributed by atoms with E-state index in [1.54, 1.807) is 13.4 Å². The zero-order valence-corrected chi connectivity index (χ0v) is 17.4. The van der Waals surface area contributed by atoms with Crippen molar-refractivity contribution in [2.45, 2.75) is 19.1 Å². The van der Waals surface area contributed by atoms with E-state index in [2.05, 4.69) is 46.4 Å². The highest BCUT2D eigenvalue weighted by Crippen LogP contribution is 2.30. The van der Waals surface area contributed by atoms with Crippen LogP contribution in [-0.2, 0) is 6.54 Å². The first-order chi connectivity index (χ1) is 15.2. The van der Waals surface area contributed by atoms with Crippen LogP contribution in [0.15, 0.2) is 77.5 Å². The van der Waals surface area contributed by atoms with E-state index >= 15 is 0 Å². The van der Waals surface area contributed by atoms with Crippen LogP contribution in [0.4, 0.5) is 0 Å². The number of nitrogens with zero attached hydrogens (tertiary/aromatic N) is 3. The molecular formula is C25H25N3O3. The summed E-state index contributed by atoms with van der Waals surface area (Å²) >= 11 is 0. The zero-order chi connectivity index (χ0) is 21.2. The Morgan fingerprint density at radius 3 is 2.42 bits per heavy atom. The number of hydrogen-bond donors (Lipinski definition) is 1. The third-order valence-electron chi connectivity index (χ3n) is 5.78. The van der Waals surface area contributed by atoms with Crippen LogP contribution in [-0.4, -0.2) is 46.1 Å². The van der Waals surface area contributed by atoms with E-state index < -0.39 is 0 Å². The molecule has 5 rings (SSSR count). The Morgan fingerprint density at radius 2 is 1.81 bits per heavy atom. The van der Waals surface area contributed by atoms with Crippen LogP contribution in [0.5, 0.6) is 5.75 Å². The molecule has 1 fully saturated rings. The highest BCUT2D eigenvalue weighted by atomic mass is 16.5. The van der Waals surface area contributed by atoms with Crippen LogP contribution >= 0.6 is 0 Å². The van der Waals surface area contributed by atoms with Crippen molar-refractivity contribution in [1.82, 2.24) is 14.7 Å². The van der Waals surface area contributed by atoms with Crippen molar-refractivity contribution in [2.75, 3.05) is 20.2 Å². The molecule has 0 aliphatic carbocycles. The highest BCUT2D eigenvalue weighted by molar-refractivity contribution is 5.67. The van der Waals surface area contributed by atoms with E-state index in [1.807, 2.05) is 35.1 Å². The lowest BCUT2D eigenvalue weighted by atomic mass is 10.1. The molecule has 1 atom stereocenters. The molecule has 0 spiro atoms. The number of β-amino-alcohol motifs (C(OH)–C–C–N with tert-alkyl or cyclic N) is 1. The predicted octanol–water partition coefficient (Wildman–Crippen LogP) is 4.37. The number of aromatic nitrogens is 2. The largest absolute Gasteiger partial charge is 0.497 e. The quantitative estimate of drug-likeness (QED) is 0.507. The Kier molecular flexibility index (Phi) is 5.32. The molecule has 31 heavy (non-hydrogen) atoms. The molecule has 158 valence electrons. The minimum absolute atomic E-state index is 0.243. The van der Waals surface area contributed by atoms with Gasteiger partial charge in [0.05, 0.1) is 31.4 Å². The van der Waals surface area contributed by atoms with Crippen LogP contribution in [0.25, 0.3) is 28.3 Å². The summed E-state index contributed by atoms with van der Waals surface area (Å²) in [5, 5.41) is 14.6. The molecule has 0 amide bonds.